The normalized spacial score (nSPS) is 18.8. The van der Waals surface area contributed by atoms with E-state index >= 15 is 0 Å². The van der Waals surface area contributed by atoms with Gasteiger partial charge in [-0.2, -0.15) is 0 Å². The Morgan fingerprint density at radius 3 is 2.78 bits per heavy atom. The zero-order valence-corrected chi connectivity index (χ0v) is 11.1. The summed E-state index contributed by atoms with van der Waals surface area (Å²) in [6, 6.07) is 4.74. The first-order chi connectivity index (χ1) is 8.39. The van der Waals surface area contributed by atoms with E-state index in [4.69, 9.17) is 0 Å². The molecule has 0 spiro atoms. The highest BCUT2D eigenvalue weighted by molar-refractivity contribution is 5.94. The Labute approximate surface area is 107 Å². The Kier molecular flexibility index (Phi) is 3.39. The molecule has 18 heavy (non-hydrogen) atoms. The molecule has 1 saturated heterocycles. The number of piperazine rings is 1. The number of carbonyl (C=O) groups excluding carboxylic acids is 1. The van der Waals surface area contributed by atoms with Crippen molar-refractivity contribution in [2.24, 2.45) is 0 Å². The fourth-order valence-electron chi connectivity index (χ4n) is 2.28. The summed E-state index contributed by atoms with van der Waals surface area (Å²) < 4.78 is 13.8. The molecule has 1 aliphatic heterocycles. The third kappa shape index (κ3) is 2.70. The van der Waals surface area contributed by atoms with Gasteiger partial charge in [-0.1, -0.05) is 6.07 Å². The van der Waals surface area contributed by atoms with Gasteiger partial charge >= 0.3 is 0 Å². The zero-order valence-electron chi connectivity index (χ0n) is 11.1. The predicted molar refractivity (Wildman–Crippen MR) is 69.1 cm³/mol. The molecule has 0 bridgehead atoms. The van der Waals surface area contributed by atoms with Crippen molar-refractivity contribution in [1.82, 2.24) is 10.2 Å². The van der Waals surface area contributed by atoms with Crippen LogP contribution in [-0.2, 0) is 0 Å². The topological polar surface area (TPSA) is 32.3 Å². The highest BCUT2D eigenvalue weighted by atomic mass is 19.1. The number of nitrogens with zero attached hydrogens (tertiary/aromatic N) is 1. The fourth-order valence-corrected chi connectivity index (χ4v) is 2.28. The largest absolute Gasteiger partial charge is 0.335 e. The molecule has 4 heteroatoms. The Morgan fingerprint density at radius 1 is 1.44 bits per heavy atom. The van der Waals surface area contributed by atoms with Gasteiger partial charge < -0.3 is 10.2 Å². The van der Waals surface area contributed by atoms with Gasteiger partial charge in [-0.05, 0) is 38.5 Å². The average molecular weight is 250 g/mol. The van der Waals surface area contributed by atoms with E-state index < -0.39 is 5.82 Å². The smallest absolute Gasteiger partial charge is 0.256 e. The third-order valence-corrected chi connectivity index (χ3v) is 3.21. The lowest BCUT2D eigenvalue weighted by Crippen LogP contribution is -2.58. The van der Waals surface area contributed by atoms with Gasteiger partial charge in [0.2, 0.25) is 0 Å². The van der Waals surface area contributed by atoms with E-state index in [-0.39, 0.29) is 17.0 Å². The van der Waals surface area contributed by atoms with Gasteiger partial charge in [0.15, 0.2) is 0 Å². The molecule has 0 aromatic heterocycles. The van der Waals surface area contributed by atoms with E-state index in [1.165, 1.54) is 6.07 Å². The number of benzene rings is 1. The van der Waals surface area contributed by atoms with Crippen LogP contribution < -0.4 is 5.32 Å². The molecule has 1 aliphatic rings. The summed E-state index contributed by atoms with van der Waals surface area (Å²) in [5, 5.41) is 3.33. The molecule has 98 valence electrons. The molecule has 3 nitrogen and oxygen atoms in total. The van der Waals surface area contributed by atoms with Gasteiger partial charge in [-0.3, -0.25) is 4.79 Å². The van der Waals surface area contributed by atoms with Crippen LogP contribution in [-0.4, -0.2) is 36.0 Å². The molecule has 1 aromatic rings. The second kappa shape index (κ2) is 4.69. The molecular weight excluding hydrogens is 231 g/mol. The summed E-state index contributed by atoms with van der Waals surface area (Å²) in [5.41, 5.74) is 0.873. The van der Waals surface area contributed by atoms with Crippen molar-refractivity contribution >= 4 is 5.91 Å². The summed E-state index contributed by atoms with van der Waals surface area (Å²) in [6.07, 6.45) is 0. The van der Waals surface area contributed by atoms with Gasteiger partial charge in [0, 0.05) is 25.2 Å². The minimum absolute atomic E-state index is 0.116. The van der Waals surface area contributed by atoms with Crippen molar-refractivity contribution in [2.75, 3.05) is 19.6 Å². The summed E-state index contributed by atoms with van der Waals surface area (Å²) >= 11 is 0. The maximum Gasteiger partial charge on any atom is 0.256 e. The van der Waals surface area contributed by atoms with Crippen LogP contribution in [0.25, 0.3) is 0 Å². The first-order valence-electron chi connectivity index (χ1n) is 6.19. The molecule has 1 fully saturated rings. The summed E-state index contributed by atoms with van der Waals surface area (Å²) in [6.45, 7) is 7.85. The van der Waals surface area contributed by atoms with E-state index in [1.807, 2.05) is 20.8 Å². The first-order valence-corrected chi connectivity index (χ1v) is 6.19. The van der Waals surface area contributed by atoms with Crippen molar-refractivity contribution in [3.8, 4) is 0 Å². The average Bonchev–Trinajstić information content (AvgIpc) is 2.27. The fraction of sp³-hybridized carbons (Fsp3) is 0.500. The second-order valence-corrected chi connectivity index (χ2v) is 5.52. The number of amides is 1. The number of hydrogen-bond donors (Lipinski definition) is 1. The zero-order chi connectivity index (χ0) is 13.3. The van der Waals surface area contributed by atoms with Crippen LogP contribution in [0.1, 0.15) is 29.8 Å². The Morgan fingerprint density at radius 2 is 2.17 bits per heavy atom. The lowest BCUT2D eigenvalue weighted by molar-refractivity contribution is 0.0647. The van der Waals surface area contributed by atoms with Crippen molar-refractivity contribution in [3.63, 3.8) is 0 Å². The predicted octanol–water partition coefficient (Wildman–Crippen LogP) is 1.96. The molecule has 0 aliphatic carbocycles. The van der Waals surface area contributed by atoms with Gasteiger partial charge in [0.05, 0.1) is 5.56 Å². The lowest BCUT2D eigenvalue weighted by atomic mass is 10.0. The first kappa shape index (κ1) is 13.0. The Bertz CT molecular complexity index is 471. The van der Waals surface area contributed by atoms with Crippen LogP contribution in [0.5, 0.6) is 0 Å². The summed E-state index contributed by atoms with van der Waals surface area (Å²) in [5.74, 6) is -0.654. The van der Waals surface area contributed by atoms with Crippen LogP contribution in [0.2, 0.25) is 0 Å². The van der Waals surface area contributed by atoms with Crippen molar-refractivity contribution < 1.29 is 9.18 Å². The molecule has 0 atom stereocenters. The summed E-state index contributed by atoms with van der Waals surface area (Å²) in [7, 11) is 0. The van der Waals surface area contributed by atoms with Gasteiger partial charge in [-0.15, -0.1) is 0 Å². The molecule has 1 amide bonds. The molecule has 1 aromatic carbocycles. The molecule has 0 saturated carbocycles. The number of hydrogen-bond acceptors (Lipinski definition) is 2. The van der Waals surface area contributed by atoms with Crippen molar-refractivity contribution in [1.29, 1.82) is 0 Å². The minimum Gasteiger partial charge on any atom is -0.335 e. The van der Waals surface area contributed by atoms with Gasteiger partial charge in [0.25, 0.3) is 5.91 Å². The van der Waals surface area contributed by atoms with Crippen LogP contribution in [0.4, 0.5) is 4.39 Å². The van der Waals surface area contributed by atoms with E-state index in [0.29, 0.717) is 13.1 Å². The van der Waals surface area contributed by atoms with Crippen LogP contribution >= 0.6 is 0 Å². The number of carbonyl (C=O) groups is 1. The molecule has 0 radical (unpaired) electrons. The molecule has 2 rings (SSSR count). The Balaban J connectivity index is 2.20. The standard InChI is InChI=1S/C14H19FN2O/c1-10-4-5-11(12(15)8-10)13(18)17-7-6-16-14(2,3)9-17/h4-5,8,16H,6-7,9H2,1-3H3. The van der Waals surface area contributed by atoms with E-state index in [9.17, 15) is 9.18 Å². The van der Waals surface area contributed by atoms with Crippen molar-refractivity contribution in [3.05, 3.63) is 35.1 Å². The molecule has 0 unspecified atom stereocenters. The highest BCUT2D eigenvalue weighted by Gasteiger charge is 2.29. The summed E-state index contributed by atoms with van der Waals surface area (Å²) in [4.78, 5) is 14.0. The SMILES string of the molecule is Cc1ccc(C(=O)N2CCNC(C)(C)C2)c(F)c1. The third-order valence-electron chi connectivity index (χ3n) is 3.21. The van der Waals surface area contributed by atoms with E-state index in [0.717, 1.165) is 12.1 Å². The molecule has 1 heterocycles. The van der Waals surface area contributed by atoms with Gasteiger partial charge in [0.1, 0.15) is 5.82 Å². The molecule has 1 N–H and O–H groups in total. The minimum atomic E-state index is -0.434. The molecular formula is C14H19FN2O. The van der Waals surface area contributed by atoms with Gasteiger partial charge in [-0.25, -0.2) is 4.39 Å². The lowest BCUT2D eigenvalue weighted by Gasteiger charge is -2.39. The quantitative estimate of drug-likeness (QED) is 0.826. The van der Waals surface area contributed by atoms with Crippen LogP contribution in [0, 0.1) is 12.7 Å². The maximum absolute atomic E-state index is 13.8. The maximum atomic E-state index is 13.8. The van der Waals surface area contributed by atoms with Crippen LogP contribution in [0.3, 0.4) is 0 Å². The van der Waals surface area contributed by atoms with Crippen LogP contribution in [0.15, 0.2) is 18.2 Å². The van der Waals surface area contributed by atoms with Crippen molar-refractivity contribution in [2.45, 2.75) is 26.3 Å². The van der Waals surface area contributed by atoms with E-state index in [1.54, 1.807) is 17.0 Å². The Hall–Kier alpha value is -1.42. The second-order valence-electron chi connectivity index (χ2n) is 5.52. The number of aryl methyl sites for hydroxylation is 1. The van der Waals surface area contributed by atoms with E-state index in [2.05, 4.69) is 5.32 Å². The number of rotatable bonds is 1. The number of halogens is 1. The monoisotopic (exact) mass is 250 g/mol. The number of nitrogens with one attached hydrogen (secondary N) is 1. The highest BCUT2D eigenvalue weighted by Crippen LogP contribution is 2.16.